The van der Waals surface area contributed by atoms with Crippen LogP contribution in [-0.4, -0.2) is 26.7 Å². The van der Waals surface area contributed by atoms with Crippen LogP contribution in [0.5, 0.6) is 0 Å². The summed E-state index contributed by atoms with van der Waals surface area (Å²) in [7, 11) is 1.21. The second-order valence-corrected chi connectivity index (χ2v) is 8.84. The first kappa shape index (κ1) is 14.0. The molecule has 0 bridgehead atoms. The number of hydrogen-bond donors (Lipinski definition) is 0. The molecule has 0 aromatic heterocycles. The summed E-state index contributed by atoms with van der Waals surface area (Å²) in [6, 6.07) is 0. The molecule has 1 unspecified atom stereocenters. The van der Waals surface area contributed by atoms with Crippen LogP contribution in [-0.2, 0) is 19.2 Å². The molecule has 0 fully saturated rings. The Kier molecular flexibility index (Phi) is 8.88. The third kappa shape index (κ3) is 6.95. The molecule has 1 nitrogen and oxygen atoms in total. The first-order valence-corrected chi connectivity index (χ1v) is 10.1. The van der Waals surface area contributed by atoms with Gasteiger partial charge >= 0.3 is 29.6 Å². The van der Waals surface area contributed by atoms with E-state index in [1.807, 2.05) is 11.8 Å². The van der Waals surface area contributed by atoms with Crippen LogP contribution in [0.1, 0.15) is 26.2 Å². The Balaban J connectivity index is 0.000000424. The van der Waals surface area contributed by atoms with Gasteiger partial charge in [0.2, 0.25) is 0 Å². The average molecular weight is 251 g/mol. The molecule has 1 aliphatic heterocycles. The van der Waals surface area contributed by atoms with Crippen LogP contribution in [0.15, 0.2) is 4.99 Å². The zero-order chi connectivity index (χ0) is 10.2. The Morgan fingerprint density at radius 3 is 2.62 bits per heavy atom. The fraction of sp³-hybridized carbons (Fsp3) is 0.889. The summed E-state index contributed by atoms with van der Waals surface area (Å²) in [5.74, 6) is 1.15. The van der Waals surface area contributed by atoms with Gasteiger partial charge in [-0.05, 0) is 6.42 Å². The molecule has 1 atom stereocenters. The van der Waals surface area contributed by atoms with Crippen LogP contribution in [0.25, 0.3) is 0 Å². The van der Waals surface area contributed by atoms with Crippen molar-refractivity contribution in [3.63, 3.8) is 0 Å². The number of nitrogens with zero attached hydrogens (tertiary/aromatic N) is 1. The van der Waals surface area contributed by atoms with E-state index in [9.17, 15) is 0 Å². The van der Waals surface area contributed by atoms with Crippen LogP contribution in [0.4, 0.5) is 0 Å². The van der Waals surface area contributed by atoms with E-state index in [1.54, 1.807) is 0 Å². The van der Waals surface area contributed by atoms with Gasteiger partial charge in [-0.25, -0.2) is 0 Å². The van der Waals surface area contributed by atoms with Crippen molar-refractivity contribution in [3.05, 3.63) is 0 Å². The summed E-state index contributed by atoms with van der Waals surface area (Å²) in [6.45, 7) is 2.24. The Labute approximate surface area is 98.9 Å². The van der Waals surface area contributed by atoms with Gasteiger partial charge in [-0.3, -0.25) is 4.99 Å². The predicted molar refractivity (Wildman–Crippen MR) is 64.9 cm³/mol. The van der Waals surface area contributed by atoms with Crippen LogP contribution in [0.3, 0.4) is 0 Å². The molecular weight excluding hydrogens is 230 g/mol. The molecule has 0 saturated heterocycles. The molecule has 0 spiro atoms. The summed E-state index contributed by atoms with van der Waals surface area (Å²) in [5.41, 5.74) is 0. The summed E-state index contributed by atoms with van der Waals surface area (Å²) in [4.78, 5) is 4.50. The van der Waals surface area contributed by atoms with E-state index in [1.165, 1.54) is 29.5 Å². The molecule has 0 saturated carbocycles. The first-order valence-electron chi connectivity index (χ1n) is 4.94. The van der Waals surface area contributed by atoms with Crippen LogP contribution in [0, 0.1) is 0 Å². The molecule has 4 heteroatoms. The van der Waals surface area contributed by atoms with Gasteiger partial charge in [-0.1, -0.05) is 19.8 Å². The van der Waals surface area contributed by atoms with Gasteiger partial charge in [0.25, 0.3) is 0 Å². The normalized spacial score (nSPS) is 25.5. The zero-order valence-corrected chi connectivity index (χ0v) is 13.6. The third-order valence-corrected chi connectivity index (χ3v) is 4.70. The molecule has 0 radical (unpaired) electrons. The topological polar surface area (TPSA) is 12.4 Å². The predicted octanol–water partition coefficient (Wildman–Crippen LogP) is 2.18. The number of aliphatic imine (C=N–C) groups is 1. The van der Waals surface area contributed by atoms with Gasteiger partial charge in [-0.2, -0.15) is 0 Å². The van der Waals surface area contributed by atoms with E-state index in [0.717, 1.165) is 5.75 Å². The van der Waals surface area contributed by atoms with E-state index in [4.69, 9.17) is 0 Å². The van der Waals surface area contributed by atoms with E-state index in [-0.39, 0.29) is 0 Å². The third-order valence-electron chi connectivity index (χ3n) is 1.83. The van der Waals surface area contributed by atoms with Crippen LogP contribution < -0.4 is 0 Å². The molecule has 0 N–H and O–H groups in total. The van der Waals surface area contributed by atoms with Crippen molar-refractivity contribution in [2.45, 2.75) is 41.1 Å². The van der Waals surface area contributed by atoms with Gasteiger partial charge in [0.05, 0.1) is 14.7 Å². The molecule has 0 amide bonds. The molecule has 1 rings (SSSR count). The van der Waals surface area contributed by atoms with Crippen molar-refractivity contribution >= 4 is 28.2 Å². The maximum absolute atomic E-state index is 4.50. The van der Waals surface area contributed by atoms with E-state index >= 15 is 0 Å². The quantitative estimate of drug-likeness (QED) is 0.700. The van der Waals surface area contributed by atoms with Crippen molar-refractivity contribution in [1.29, 1.82) is 0 Å². The van der Waals surface area contributed by atoms with E-state index < -0.39 is 0 Å². The minimum absolute atomic E-state index is 0.371. The Morgan fingerprint density at radius 2 is 2.23 bits per heavy atom. The summed E-state index contributed by atoms with van der Waals surface area (Å²) >= 11 is 2.52. The van der Waals surface area contributed by atoms with E-state index in [0.29, 0.717) is 23.6 Å². The van der Waals surface area contributed by atoms with Crippen LogP contribution >= 0.6 is 11.8 Å². The molecule has 0 aromatic carbocycles. The first-order chi connectivity index (χ1) is 6.18. The van der Waals surface area contributed by atoms with Gasteiger partial charge in [0.15, 0.2) is 0 Å². The number of hydrogen-bond acceptors (Lipinski definition) is 2. The fourth-order valence-electron chi connectivity index (χ4n) is 1.13. The molecule has 13 heavy (non-hydrogen) atoms. The summed E-state index contributed by atoms with van der Waals surface area (Å²) < 4.78 is 0.371. The number of unbranched alkanes of at least 4 members (excludes halogenated alkanes) is 1. The fourth-order valence-corrected chi connectivity index (χ4v) is 3.11. The SMILES string of the molecule is CCCCC1([SiH3])N=CCS1.[CH3][Ti][CH3]. The standard InChI is InChI=1S/C7H15NSSi.2CH3.Ti/c1-2-3-4-7(10)8-5-6-9-7;;;/h5H,2-4,6H2,1,10H3;2*1H3;. The maximum atomic E-state index is 4.50. The Morgan fingerprint density at radius 1 is 1.62 bits per heavy atom. The molecule has 0 aliphatic carbocycles. The van der Waals surface area contributed by atoms with Gasteiger partial charge in [0.1, 0.15) is 0 Å². The minimum atomic E-state index is 0.371. The van der Waals surface area contributed by atoms with Crippen molar-refractivity contribution in [1.82, 2.24) is 0 Å². The van der Waals surface area contributed by atoms with Crippen LogP contribution in [0.2, 0.25) is 10.5 Å². The molecular formula is C9H21NSSiTi. The molecule has 76 valence electrons. The summed E-state index contributed by atoms with van der Waals surface area (Å²) in [6.07, 6.45) is 6.03. The Hall–Kier alpha value is 0.951. The summed E-state index contributed by atoms with van der Waals surface area (Å²) in [5, 5.41) is 4.50. The van der Waals surface area contributed by atoms with Gasteiger partial charge < -0.3 is 0 Å². The average Bonchev–Trinajstić information content (AvgIpc) is 2.51. The van der Waals surface area contributed by atoms with Crippen molar-refractivity contribution in [2.24, 2.45) is 4.99 Å². The number of thioether (sulfide) groups is 1. The van der Waals surface area contributed by atoms with Crippen molar-refractivity contribution in [3.8, 4) is 0 Å². The van der Waals surface area contributed by atoms with E-state index in [2.05, 4.69) is 28.6 Å². The van der Waals surface area contributed by atoms with Crippen molar-refractivity contribution < 1.29 is 19.2 Å². The molecule has 1 aliphatic rings. The van der Waals surface area contributed by atoms with Gasteiger partial charge in [-0.15, -0.1) is 11.8 Å². The second-order valence-electron chi connectivity index (χ2n) is 3.40. The number of rotatable bonds is 3. The van der Waals surface area contributed by atoms with Gasteiger partial charge in [0, 0.05) is 12.0 Å². The molecule has 0 aromatic rings. The molecule has 1 heterocycles. The zero-order valence-electron chi connectivity index (χ0n) is 9.26. The van der Waals surface area contributed by atoms with Crippen molar-refractivity contribution in [2.75, 3.05) is 5.75 Å². The monoisotopic (exact) mass is 251 g/mol. The Bertz CT molecular complexity index is 155. The second kappa shape index (κ2) is 8.28.